The van der Waals surface area contributed by atoms with Gasteiger partial charge in [0.2, 0.25) is 0 Å². The zero-order valence-corrected chi connectivity index (χ0v) is 11.5. The third-order valence-corrected chi connectivity index (χ3v) is 3.95. The fourth-order valence-electron chi connectivity index (χ4n) is 2.30. The van der Waals surface area contributed by atoms with E-state index in [1.54, 1.807) is 0 Å². The van der Waals surface area contributed by atoms with E-state index in [2.05, 4.69) is 21.2 Å². The lowest BCUT2D eigenvalue weighted by molar-refractivity contribution is 0.177. The molecule has 2 rings (SSSR count). The second kappa shape index (κ2) is 5.94. The summed E-state index contributed by atoms with van der Waals surface area (Å²) in [4.78, 5) is 0. The Labute approximate surface area is 110 Å². The van der Waals surface area contributed by atoms with Gasteiger partial charge in [0.1, 0.15) is 5.82 Å². The lowest BCUT2D eigenvalue weighted by Crippen LogP contribution is -2.35. The Morgan fingerprint density at radius 2 is 2.41 bits per heavy atom. The molecule has 0 saturated carbocycles. The average molecular weight is 302 g/mol. The number of likely N-dealkylation sites (N-methyl/N-ethyl adjacent to an activating group) is 1. The summed E-state index contributed by atoms with van der Waals surface area (Å²) in [6.07, 6.45) is 2.01. The molecule has 0 aliphatic carbocycles. The second-order valence-corrected chi connectivity index (χ2v) is 5.33. The van der Waals surface area contributed by atoms with Crippen LogP contribution in [-0.2, 0) is 11.2 Å². The molecule has 4 heteroatoms. The monoisotopic (exact) mass is 301 g/mol. The molecule has 1 aliphatic rings. The maximum Gasteiger partial charge on any atom is 0.137 e. The van der Waals surface area contributed by atoms with Gasteiger partial charge in [0.25, 0.3) is 0 Å². The normalized spacial score (nSPS) is 21.7. The van der Waals surface area contributed by atoms with Crippen molar-refractivity contribution in [3.63, 3.8) is 0 Å². The van der Waals surface area contributed by atoms with Crippen LogP contribution in [-0.4, -0.2) is 26.3 Å². The first kappa shape index (κ1) is 13.0. The largest absolute Gasteiger partial charge is 0.381 e. The fraction of sp³-hybridized carbons (Fsp3) is 0.538. The molecule has 17 heavy (non-hydrogen) atoms. The van der Waals surface area contributed by atoms with E-state index in [9.17, 15) is 4.39 Å². The van der Waals surface area contributed by atoms with Crippen molar-refractivity contribution in [1.29, 1.82) is 0 Å². The molecule has 0 bridgehead atoms. The van der Waals surface area contributed by atoms with Crippen LogP contribution in [0.5, 0.6) is 0 Å². The van der Waals surface area contributed by atoms with Crippen LogP contribution in [0.2, 0.25) is 0 Å². The summed E-state index contributed by atoms with van der Waals surface area (Å²) in [6.45, 7) is 1.68. The van der Waals surface area contributed by atoms with Gasteiger partial charge in [0, 0.05) is 18.6 Å². The molecule has 0 aromatic heterocycles. The summed E-state index contributed by atoms with van der Waals surface area (Å²) in [5, 5.41) is 3.34. The zero-order valence-electron chi connectivity index (χ0n) is 9.88. The molecule has 1 aromatic rings. The summed E-state index contributed by atoms with van der Waals surface area (Å²) in [5.41, 5.74) is 1.14. The Bertz CT molecular complexity index is 380. The molecule has 1 aliphatic heterocycles. The quantitative estimate of drug-likeness (QED) is 0.923. The number of ether oxygens (including phenoxy) is 1. The van der Waals surface area contributed by atoms with Crippen molar-refractivity contribution in [2.75, 3.05) is 20.3 Å². The number of rotatable bonds is 4. The van der Waals surface area contributed by atoms with Crippen molar-refractivity contribution in [3.8, 4) is 0 Å². The van der Waals surface area contributed by atoms with E-state index in [-0.39, 0.29) is 5.82 Å². The average Bonchev–Trinajstić information content (AvgIpc) is 2.84. The minimum atomic E-state index is -0.209. The van der Waals surface area contributed by atoms with Gasteiger partial charge in [-0.1, -0.05) is 6.07 Å². The van der Waals surface area contributed by atoms with E-state index in [0.717, 1.165) is 31.6 Å². The lowest BCUT2D eigenvalue weighted by atomic mass is 9.93. The van der Waals surface area contributed by atoms with Gasteiger partial charge >= 0.3 is 0 Å². The molecule has 2 atom stereocenters. The Morgan fingerprint density at radius 1 is 1.59 bits per heavy atom. The molecule has 0 radical (unpaired) electrons. The van der Waals surface area contributed by atoms with Crippen molar-refractivity contribution >= 4 is 15.9 Å². The van der Waals surface area contributed by atoms with Gasteiger partial charge in [-0.25, -0.2) is 4.39 Å². The Hall–Kier alpha value is -0.450. The lowest BCUT2D eigenvalue weighted by Gasteiger charge is -2.22. The molecule has 2 nitrogen and oxygen atoms in total. The molecular weight excluding hydrogens is 285 g/mol. The van der Waals surface area contributed by atoms with Crippen LogP contribution < -0.4 is 5.32 Å². The van der Waals surface area contributed by atoms with E-state index in [0.29, 0.717) is 16.4 Å². The highest BCUT2D eigenvalue weighted by molar-refractivity contribution is 9.10. The number of benzene rings is 1. The molecule has 1 fully saturated rings. The van der Waals surface area contributed by atoms with Crippen LogP contribution in [0.3, 0.4) is 0 Å². The number of halogens is 2. The third kappa shape index (κ3) is 3.27. The number of nitrogens with one attached hydrogen (secondary N) is 1. The van der Waals surface area contributed by atoms with Crippen LogP contribution in [0, 0.1) is 11.7 Å². The van der Waals surface area contributed by atoms with Crippen molar-refractivity contribution in [2.24, 2.45) is 5.92 Å². The summed E-state index contributed by atoms with van der Waals surface area (Å²) in [7, 11) is 1.97. The van der Waals surface area contributed by atoms with E-state index in [1.165, 1.54) is 6.07 Å². The highest BCUT2D eigenvalue weighted by Gasteiger charge is 2.24. The van der Waals surface area contributed by atoms with Crippen LogP contribution >= 0.6 is 15.9 Å². The van der Waals surface area contributed by atoms with E-state index in [4.69, 9.17) is 4.74 Å². The van der Waals surface area contributed by atoms with E-state index >= 15 is 0 Å². The summed E-state index contributed by atoms with van der Waals surface area (Å²) >= 11 is 3.22. The predicted molar refractivity (Wildman–Crippen MR) is 69.6 cm³/mol. The second-order valence-electron chi connectivity index (χ2n) is 4.47. The topological polar surface area (TPSA) is 21.3 Å². The Balaban J connectivity index is 2.04. The highest BCUT2D eigenvalue weighted by Crippen LogP contribution is 2.22. The fourth-order valence-corrected chi connectivity index (χ4v) is 2.72. The molecular formula is C13H17BrFNO. The first-order chi connectivity index (χ1) is 8.20. The van der Waals surface area contributed by atoms with Crippen LogP contribution in [0.4, 0.5) is 4.39 Å². The van der Waals surface area contributed by atoms with Gasteiger partial charge in [-0.15, -0.1) is 0 Å². The molecule has 0 spiro atoms. The Kier molecular flexibility index (Phi) is 4.54. The maximum atomic E-state index is 13.1. The summed E-state index contributed by atoms with van der Waals surface area (Å²) < 4.78 is 19.1. The van der Waals surface area contributed by atoms with Gasteiger partial charge < -0.3 is 10.1 Å². The van der Waals surface area contributed by atoms with Gasteiger partial charge in [-0.05, 0) is 53.5 Å². The third-order valence-electron chi connectivity index (χ3n) is 3.34. The van der Waals surface area contributed by atoms with E-state index < -0.39 is 0 Å². The first-order valence-corrected chi connectivity index (χ1v) is 6.69. The summed E-state index contributed by atoms with van der Waals surface area (Å²) in [6, 6.07) is 5.61. The summed E-state index contributed by atoms with van der Waals surface area (Å²) in [5.74, 6) is 0.350. The molecule has 0 amide bonds. The minimum absolute atomic E-state index is 0.209. The smallest absolute Gasteiger partial charge is 0.137 e. The maximum absolute atomic E-state index is 13.1. The van der Waals surface area contributed by atoms with Crippen molar-refractivity contribution in [1.82, 2.24) is 5.32 Å². The zero-order chi connectivity index (χ0) is 12.3. The highest BCUT2D eigenvalue weighted by atomic mass is 79.9. The molecule has 1 heterocycles. The number of hydrogen-bond acceptors (Lipinski definition) is 2. The SMILES string of the molecule is CNC(Cc1ccc(F)c(Br)c1)C1CCOC1. The molecule has 1 aromatic carbocycles. The van der Waals surface area contributed by atoms with E-state index in [1.807, 2.05) is 19.2 Å². The first-order valence-electron chi connectivity index (χ1n) is 5.89. The van der Waals surface area contributed by atoms with Crippen molar-refractivity contribution in [3.05, 3.63) is 34.1 Å². The predicted octanol–water partition coefficient (Wildman–Crippen LogP) is 2.76. The van der Waals surface area contributed by atoms with Gasteiger partial charge in [-0.3, -0.25) is 0 Å². The van der Waals surface area contributed by atoms with Gasteiger partial charge in [0.15, 0.2) is 0 Å². The number of hydrogen-bond donors (Lipinski definition) is 1. The van der Waals surface area contributed by atoms with Gasteiger partial charge in [-0.2, -0.15) is 0 Å². The van der Waals surface area contributed by atoms with Gasteiger partial charge in [0.05, 0.1) is 11.1 Å². The molecule has 94 valence electrons. The Morgan fingerprint density at radius 3 is 3.00 bits per heavy atom. The molecule has 2 unspecified atom stereocenters. The standard InChI is InChI=1S/C13H17BrFNO/c1-16-13(10-4-5-17-8-10)7-9-2-3-12(15)11(14)6-9/h2-3,6,10,13,16H,4-5,7-8H2,1H3. The van der Waals surface area contributed by atoms with Crippen LogP contribution in [0.1, 0.15) is 12.0 Å². The minimum Gasteiger partial charge on any atom is -0.381 e. The van der Waals surface area contributed by atoms with Crippen LogP contribution in [0.15, 0.2) is 22.7 Å². The molecule has 1 N–H and O–H groups in total. The van der Waals surface area contributed by atoms with Crippen LogP contribution in [0.25, 0.3) is 0 Å². The molecule has 1 saturated heterocycles. The van der Waals surface area contributed by atoms with Crippen molar-refractivity contribution in [2.45, 2.75) is 18.9 Å². The van der Waals surface area contributed by atoms with Crippen molar-refractivity contribution < 1.29 is 9.13 Å².